The van der Waals surface area contributed by atoms with Gasteiger partial charge in [-0.3, -0.25) is 4.98 Å². The minimum Gasteiger partial charge on any atom is -0.263 e. The topological polar surface area (TPSA) is 12.9 Å². The molecule has 0 aliphatic heterocycles. The van der Waals surface area contributed by atoms with E-state index in [-0.39, 0.29) is 43.3 Å². The maximum atomic E-state index is 5.37. The molecule has 1 heterocycles. The van der Waals surface area contributed by atoms with E-state index in [0.717, 1.165) is 111 Å². The van der Waals surface area contributed by atoms with Crippen molar-refractivity contribution in [1.82, 2.24) is 4.98 Å². The summed E-state index contributed by atoms with van der Waals surface area (Å²) in [5.41, 5.74) is 42.3. The fourth-order valence-corrected chi connectivity index (χ4v) is 16.8. The van der Waals surface area contributed by atoms with Gasteiger partial charge in [0.05, 0.1) is 0 Å². The van der Waals surface area contributed by atoms with Crippen LogP contribution in [0, 0.1) is 0 Å². The van der Waals surface area contributed by atoms with Gasteiger partial charge in [-0.1, -0.05) is 360 Å². The summed E-state index contributed by atoms with van der Waals surface area (Å²) < 4.78 is 0. The first-order valence-corrected chi connectivity index (χ1v) is 44.1. The lowest BCUT2D eigenvalue weighted by atomic mass is 9.84. The highest BCUT2D eigenvalue weighted by Crippen LogP contribution is 2.46. The maximum absolute atomic E-state index is 5.37. The molecule has 1 heteroatoms. The molecule has 0 amide bonds. The zero-order chi connectivity index (χ0) is 87.0. The molecule has 0 atom stereocenters. The van der Waals surface area contributed by atoms with E-state index in [1.54, 1.807) is 0 Å². The Morgan fingerprint density at radius 3 is 0.287 bits per heavy atom. The quantitative estimate of drug-likeness (QED) is 0.106. The maximum Gasteiger partial charge on any atom is 0.0346 e. The largest absolute Gasteiger partial charge is 0.263 e. The average Bonchev–Trinajstić information content (AvgIpc) is 0.770. The Bertz CT molecular complexity index is 5250. The predicted molar refractivity (Wildman–Crippen MR) is 530 cm³/mol. The Labute approximate surface area is 731 Å². The first-order valence-electron chi connectivity index (χ1n) is 44.1. The zero-order valence-corrected chi connectivity index (χ0v) is 77.0. The third-order valence-corrected chi connectivity index (χ3v) is 25.0. The van der Waals surface area contributed by atoms with Crippen molar-refractivity contribution in [1.29, 1.82) is 0 Å². The molecule has 0 radical (unpaired) electrons. The summed E-state index contributed by atoms with van der Waals surface area (Å²) in [6.07, 6.45) is 4.17. The normalized spacial score (nSPS) is 12.6. The van der Waals surface area contributed by atoms with E-state index in [0.29, 0.717) is 0 Å². The molecule has 14 aromatic carbocycles. The van der Waals surface area contributed by atoms with Gasteiger partial charge in [0, 0.05) is 23.5 Å². The lowest BCUT2D eigenvalue weighted by molar-refractivity contribution is 0.590. The second-order valence-corrected chi connectivity index (χ2v) is 42.9. The van der Waals surface area contributed by atoms with Gasteiger partial charge in [-0.2, -0.15) is 0 Å². The number of hydrogen-bond acceptors (Lipinski definition) is 1. The Morgan fingerprint density at radius 1 is 0.107 bits per heavy atom. The summed E-state index contributed by atoms with van der Waals surface area (Å²) in [5.74, 6) is 0. The molecule has 0 spiro atoms. The Hall–Kier alpha value is -11.8. The molecule has 0 aliphatic carbocycles. The predicted octanol–water partition coefficient (Wildman–Crippen LogP) is 34.8. The highest BCUT2D eigenvalue weighted by Gasteiger charge is 2.25. The van der Waals surface area contributed by atoms with Gasteiger partial charge in [0.25, 0.3) is 0 Å². The van der Waals surface area contributed by atoms with E-state index in [2.05, 4.69) is 488 Å². The molecular weight excluding hydrogens is 1470 g/mol. The van der Waals surface area contributed by atoms with Crippen LogP contribution in [-0.4, -0.2) is 4.98 Å². The minimum atomic E-state index is 0.00241. The third-order valence-electron chi connectivity index (χ3n) is 25.0. The van der Waals surface area contributed by atoms with Gasteiger partial charge >= 0.3 is 0 Å². The number of aromatic nitrogens is 1. The lowest BCUT2D eigenvalue weighted by Crippen LogP contribution is -2.10. The van der Waals surface area contributed by atoms with Gasteiger partial charge in [0.2, 0.25) is 0 Å². The zero-order valence-electron chi connectivity index (χ0n) is 77.0. The molecule has 0 saturated carbocycles. The van der Waals surface area contributed by atoms with E-state index in [1.807, 2.05) is 0 Å². The standard InChI is InChI=1S/C121H125N/c1-114(2,3)106-41-25-78(26-42-106)86-57-87(79-27-43-107(44-28-79)115(4,5)6)62-94(61-86)98-69-99(95-63-88(80-29-45-108(46-30-80)116(7,8)9)58-89(64-95)81-31-47-109(48-32-81)117(10,11)12)72-102(71-98)104-75-105(77-122-76-104)103-73-100(96-65-90(82-33-49-110(50-34-82)118(13,14)15)59-91(66-96)83-35-51-111(52-36-83)119(16,17)18)70-101(74-103)97-67-92(84-37-53-112(54-38-84)120(19,20)21)60-93(68-97)85-39-55-113(56-40-85)121(22,23)24/h25-77H,1-24H3. The molecule has 1 nitrogen and oxygen atoms in total. The molecule has 614 valence electrons. The molecule has 0 bridgehead atoms. The fourth-order valence-electron chi connectivity index (χ4n) is 16.8. The lowest BCUT2D eigenvalue weighted by Gasteiger charge is -2.21. The van der Waals surface area contributed by atoms with Crippen molar-refractivity contribution in [3.05, 3.63) is 366 Å². The molecule has 122 heavy (non-hydrogen) atoms. The van der Waals surface area contributed by atoms with Crippen LogP contribution < -0.4 is 0 Å². The molecule has 0 fully saturated rings. The van der Waals surface area contributed by atoms with E-state index in [4.69, 9.17) is 4.98 Å². The Kier molecular flexibility index (Phi) is 22.7. The van der Waals surface area contributed by atoms with Gasteiger partial charge < -0.3 is 0 Å². The number of benzene rings is 14. The molecule has 0 saturated heterocycles. The summed E-state index contributed by atoms with van der Waals surface area (Å²) in [7, 11) is 0. The van der Waals surface area contributed by atoms with Crippen LogP contribution in [0.15, 0.2) is 322 Å². The van der Waals surface area contributed by atoms with Crippen molar-refractivity contribution in [2.45, 2.75) is 209 Å². The van der Waals surface area contributed by atoms with Crippen molar-refractivity contribution in [3.8, 4) is 156 Å². The monoisotopic (exact) mass is 1590 g/mol. The van der Waals surface area contributed by atoms with Crippen LogP contribution in [0.2, 0.25) is 0 Å². The Morgan fingerprint density at radius 2 is 0.189 bits per heavy atom. The van der Waals surface area contributed by atoms with Crippen molar-refractivity contribution in [2.75, 3.05) is 0 Å². The third kappa shape index (κ3) is 19.3. The summed E-state index contributed by atoms with van der Waals surface area (Å²) in [6, 6.07) is 120. The smallest absolute Gasteiger partial charge is 0.0346 e. The van der Waals surface area contributed by atoms with Crippen LogP contribution in [0.25, 0.3) is 156 Å². The van der Waals surface area contributed by atoms with E-state index in [1.165, 1.54) is 89.0 Å². The highest BCUT2D eigenvalue weighted by atomic mass is 14.6. The van der Waals surface area contributed by atoms with Crippen LogP contribution in [-0.2, 0) is 43.3 Å². The second-order valence-electron chi connectivity index (χ2n) is 42.9. The average molecular weight is 1590 g/mol. The number of pyridine rings is 1. The van der Waals surface area contributed by atoms with Gasteiger partial charge in [-0.05, 0) is 348 Å². The first kappa shape index (κ1) is 85.2. The molecule has 0 unspecified atom stereocenters. The van der Waals surface area contributed by atoms with Gasteiger partial charge in [-0.15, -0.1) is 0 Å². The molecule has 15 rings (SSSR count). The van der Waals surface area contributed by atoms with Crippen LogP contribution in [0.1, 0.15) is 211 Å². The van der Waals surface area contributed by atoms with Crippen LogP contribution in [0.3, 0.4) is 0 Å². The first-order chi connectivity index (χ1) is 57.4. The van der Waals surface area contributed by atoms with Crippen molar-refractivity contribution in [3.63, 3.8) is 0 Å². The summed E-state index contributed by atoms with van der Waals surface area (Å²) in [5, 5.41) is 0. The van der Waals surface area contributed by atoms with Gasteiger partial charge in [0.15, 0.2) is 0 Å². The van der Waals surface area contributed by atoms with Crippen LogP contribution >= 0.6 is 0 Å². The highest BCUT2D eigenvalue weighted by molar-refractivity contribution is 5.93. The summed E-state index contributed by atoms with van der Waals surface area (Å²) in [4.78, 5) is 5.37. The van der Waals surface area contributed by atoms with Crippen molar-refractivity contribution in [2.24, 2.45) is 0 Å². The summed E-state index contributed by atoms with van der Waals surface area (Å²) >= 11 is 0. The Balaban J connectivity index is 0.982. The minimum absolute atomic E-state index is 0.00241. The molecule has 1 aromatic heterocycles. The number of nitrogens with zero attached hydrogens (tertiary/aromatic N) is 1. The SMILES string of the molecule is CC(C)(C)c1ccc(-c2cc(-c3ccc(C(C)(C)C)cc3)cc(-c3cc(-c4cncc(-c5cc(-c6cc(-c7ccc(C(C)(C)C)cc7)cc(-c7ccc(C(C)(C)C)cc7)c6)cc(-c6cc(-c7ccc(C(C)(C)C)cc7)cc(-c7ccc(C(C)(C)C)cc7)c6)c5)c4)cc(-c4cc(-c5ccc(C(C)(C)C)cc5)cc(-c5ccc(C(C)(C)C)cc5)c4)c3)c2)cc1. The number of rotatable bonds is 14. The fraction of sp³-hybridized carbons (Fsp3) is 0.264. The molecule has 0 aliphatic rings. The summed E-state index contributed by atoms with van der Waals surface area (Å²) in [6.45, 7) is 55.1. The van der Waals surface area contributed by atoms with Gasteiger partial charge in [-0.25, -0.2) is 0 Å². The van der Waals surface area contributed by atoms with E-state index < -0.39 is 0 Å². The van der Waals surface area contributed by atoms with Crippen LogP contribution in [0.5, 0.6) is 0 Å². The van der Waals surface area contributed by atoms with Crippen LogP contribution in [0.4, 0.5) is 0 Å². The van der Waals surface area contributed by atoms with Crippen molar-refractivity contribution < 1.29 is 0 Å². The van der Waals surface area contributed by atoms with Crippen molar-refractivity contribution >= 4 is 0 Å². The molecular formula is C121H125N. The number of hydrogen-bond donors (Lipinski definition) is 0. The van der Waals surface area contributed by atoms with E-state index >= 15 is 0 Å². The molecule has 0 N–H and O–H groups in total. The second kappa shape index (κ2) is 32.6. The molecule has 15 aromatic rings. The van der Waals surface area contributed by atoms with Gasteiger partial charge in [0.1, 0.15) is 0 Å². The van der Waals surface area contributed by atoms with E-state index in [9.17, 15) is 0 Å².